The van der Waals surface area contributed by atoms with Gasteiger partial charge in [0.2, 0.25) is 0 Å². The third-order valence-corrected chi connectivity index (χ3v) is 3.80. The van der Waals surface area contributed by atoms with Crippen molar-refractivity contribution < 1.29 is 9.32 Å². The Morgan fingerprint density at radius 3 is 3.00 bits per heavy atom. The zero-order valence-corrected chi connectivity index (χ0v) is 12.4. The standard InChI is InChI=1S/C15H20N4O2/c1-3-4-11-9-12(18-21-11)15(20)17-13(10-5-6-10)14-16-7-8-19(14)2/h7-10,13H,3-6H2,1-2H3,(H,17,20). The maximum Gasteiger partial charge on any atom is 0.274 e. The van der Waals surface area contributed by atoms with Gasteiger partial charge in [-0.2, -0.15) is 0 Å². The van der Waals surface area contributed by atoms with Crippen LogP contribution >= 0.6 is 0 Å². The van der Waals surface area contributed by atoms with E-state index in [2.05, 4.69) is 22.4 Å². The van der Waals surface area contributed by atoms with Crippen LogP contribution in [0.4, 0.5) is 0 Å². The molecular formula is C15H20N4O2. The third-order valence-electron chi connectivity index (χ3n) is 3.80. The fourth-order valence-corrected chi connectivity index (χ4v) is 2.50. The smallest absolute Gasteiger partial charge is 0.274 e. The second-order valence-corrected chi connectivity index (χ2v) is 5.61. The number of hydrogen-bond acceptors (Lipinski definition) is 4. The number of imidazole rings is 1. The summed E-state index contributed by atoms with van der Waals surface area (Å²) < 4.78 is 7.12. The molecule has 2 aromatic heterocycles. The minimum atomic E-state index is -0.194. The summed E-state index contributed by atoms with van der Waals surface area (Å²) in [6.45, 7) is 2.06. The lowest BCUT2D eigenvalue weighted by Crippen LogP contribution is -2.31. The Kier molecular flexibility index (Phi) is 3.77. The third kappa shape index (κ3) is 2.99. The fraction of sp³-hybridized carbons (Fsp3) is 0.533. The molecule has 1 saturated carbocycles. The van der Waals surface area contributed by atoms with E-state index in [-0.39, 0.29) is 11.9 Å². The maximum atomic E-state index is 12.3. The molecular weight excluding hydrogens is 268 g/mol. The van der Waals surface area contributed by atoms with Crippen LogP contribution in [0, 0.1) is 5.92 Å². The molecule has 2 heterocycles. The second-order valence-electron chi connectivity index (χ2n) is 5.61. The van der Waals surface area contributed by atoms with Gasteiger partial charge in [0, 0.05) is 31.9 Å². The number of hydrogen-bond donors (Lipinski definition) is 1. The largest absolute Gasteiger partial charge is 0.361 e. The summed E-state index contributed by atoms with van der Waals surface area (Å²) in [5.74, 6) is 1.92. The molecule has 1 fully saturated rings. The van der Waals surface area contributed by atoms with Crippen molar-refractivity contribution in [2.45, 2.75) is 38.6 Å². The molecule has 0 spiro atoms. The van der Waals surface area contributed by atoms with Crippen LogP contribution in [-0.2, 0) is 13.5 Å². The van der Waals surface area contributed by atoms with E-state index in [1.807, 2.05) is 17.8 Å². The Morgan fingerprint density at radius 1 is 1.57 bits per heavy atom. The van der Waals surface area contributed by atoms with E-state index >= 15 is 0 Å². The van der Waals surface area contributed by atoms with E-state index in [1.54, 1.807) is 12.3 Å². The van der Waals surface area contributed by atoms with Crippen LogP contribution in [0.1, 0.15) is 54.3 Å². The summed E-state index contributed by atoms with van der Waals surface area (Å²) in [5, 5.41) is 6.91. The van der Waals surface area contributed by atoms with E-state index in [9.17, 15) is 4.79 Å². The average molecular weight is 288 g/mol. The highest BCUT2D eigenvalue weighted by molar-refractivity contribution is 5.92. The highest BCUT2D eigenvalue weighted by Gasteiger charge is 2.36. The van der Waals surface area contributed by atoms with Crippen LogP contribution < -0.4 is 5.32 Å². The van der Waals surface area contributed by atoms with Gasteiger partial charge in [0.05, 0.1) is 6.04 Å². The molecule has 1 unspecified atom stereocenters. The molecule has 0 radical (unpaired) electrons. The van der Waals surface area contributed by atoms with Crippen LogP contribution in [0.2, 0.25) is 0 Å². The van der Waals surface area contributed by atoms with Crippen LogP contribution in [0.3, 0.4) is 0 Å². The van der Waals surface area contributed by atoms with Gasteiger partial charge in [0.25, 0.3) is 5.91 Å². The Morgan fingerprint density at radius 2 is 2.38 bits per heavy atom. The zero-order valence-electron chi connectivity index (χ0n) is 12.4. The molecule has 0 aromatic carbocycles. The highest BCUT2D eigenvalue weighted by Crippen LogP contribution is 2.40. The van der Waals surface area contributed by atoms with Crippen molar-refractivity contribution in [3.8, 4) is 0 Å². The number of aryl methyl sites for hydroxylation is 2. The van der Waals surface area contributed by atoms with Crippen LogP contribution in [0.25, 0.3) is 0 Å². The molecule has 1 atom stereocenters. The number of nitrogens with zero attached hydrogens (tertiary/aromatic N) is 3. The van der Waals surface area contributed by atoms with E-state index < -0.39 is 0 Å². The first-order valence-electron chi connectivity index (χ1n) is 7.42. The predicted molar refractivity (Wildman–Crippen MR) is 76.6 cm³/mol. The molecule has 1 aliphatic rings. The van der Waals surface area contributed by atoms with Crippen molar-refractivity contribution in [1.82, 2.24) is 20.0 Å². The average Bonchev–Trinajstić information content (AvgIpc) is 3.05. The normalized spacial score (nSPS) is 15.9. The lowest BCUT2D eigenvalue weighted by molar-refractivity contribution is 0.0919. The molecule has 1 N–H and O–H groups in total. The van der Waals surface area contributed by atoms with E-state index in [4.69, 9.17) is 4.52 Å². The van der Waals surface area contributed by atoms with Gasteiger partial charge >= 0.3 is 0 Å². The summed E-state index contributed by atoms with van der Waals surface area (Å²) in [6, 6.07) is 1.67. The first-order chi connectivity index (χ1) is 10.2. The molecule has 0 bridgehead atoms. The predicted octanol–water partition coefficient (Wildman–Crippen LogP) is 2.24. The quantitative estimate of drug-likeness (QED) is 0.884. The van der Waals surface area contributed by atoms with Crippen molar-refractivity contribution in [1.29, 1.82) is 0 Å². The Balaban J connectivity index is 1.73. The second kappa shape index (κ2) is 5.71. The Hall–Kier alpha value is -2.11. The lowest BCUT2D eigenvalue weighted by atomic mass is 10.1. The van der Waals surface area contributed by atoms with Gasteiger partial charge in [-0.3, -0.25) is 4.79 Å². The van der Waals surface area contributed by atoms with E-state index in [0.29, 0.717) is 11.6 Å². The number of carbonyl (C=O) groups is 1. The summed E-state index contributed by atoms with van der Waals surface area (Å²) in [7, 11) is 1.94. The van der Waals surface area contributed by atoms with Gasteiger partial charge < -0.3 is 14.4 Å². The summed E-state index contributed by atoms with van der Waals surface area (Å²) in [6.07, 6.45) is 7.66. The number of aromatic nitrogens is 3. The minimum Gasteiger partial charge on any atom is -0.361 e. The molecule has 0 saturated heterocycles. The molecule has 1 amide bonds. The SMILES string of the molecule is CCCc1cc(C(=O)NC(c2nccn2C)C2CC2)no1. The molecule has 6 nitrogen and oxygen atoms in total. The van der Waals surface area contributed by atoms with E-state index in [1.165, 1.54) is 0 Å². The van der Waals surface area contributed by atoms with Gasteiger partial charge in [-0.25, -0.2) is 4.98 Å². The number of carbonyl (C=O) groups excluding carboxylic acids is 1. The zero-order chi connectivity index (χ0) is 14.8. The molecule has 0 aliphatic heterocycles. The monoisotopic (exact) mass is 288 g/mol. The summed E-state index contributed by atoms with van der Waals surface area (Å²) in [4.78, 5) is 16.7. The molecule has 112 valence electrons. The van der Waals surface area contributed by atoms with Crippen molar-refractivity contribution in [2.24, 2.45) is 13.0 Å². The highest BCUT2D eigenvalue weighted by atomic mass is 16.5. The van der Waals surface area contributed by atoms with Gasteiger partial charge in [-0.1, -0.05) is 12.1 Å². The van der Waals surface area contributed by atoms with Crippen molar-refractivity contribution in [3.05, 3.63) is 35.7 Å². The van der Waals surface area contributed by atoms with Crippen molar-refractivity contribution in [3.63, 3.8) is 0 Å². The van der Waals surface area contributed by atoms with Gasteiger partial charge in [0.15, 0.2) is 5.69 Å². The Bertz CT molecular complexity index is 627. The van der Waals surface area contributed by atoms with Gasteiger partial charge in [-0.05, 0) is 25.2 Å². The van der Waals surface area contributed by atoms with Crippen LogP contribution in [-0.4, -0.2) is 20.6 Å². The number of amides is 1. The Labute approximate surface area is 123 Å². The summed E-state index contributed by atoms with van der Waals surface area (Å²) >= 11 is 0. The molecule has 3 rings (SSSR count). The first-order valence-corrected chi connectivity index (χ1v) is 7.42. The lowest BCUT2D eigenvalue weighted by Gasteiger charge is -2.17. The van der Waals surface area contributed by atoms with Crippen molar-refractivity contribution >= 4 is 5.91 Å². The molecule has 21 heavy (non-hydrogen) atoms. The first kappa shape index (κ1) is 13.9. The molecule has 2 aromatic rings. The number of rotatable bonds is 6. The van der Waals surface area contributed by atoms with E-state index in [0.717, 1.165) is 37.3 Å². The van der Waals surface area contributed by atoms with Gasteiger partial charge in [-0.15, -0.1) is 0 Å². The maximum absolute atomic E-state index is 12.3. The number of nitrogens with one attached hydrogen (secondary N) is 1. The van der Waals surface area contributed by atoms with Crippen LogP contribution in [0.15, 0.2) is 23.0 Å². The van der Waals surface area contributed by atoms with Crippen molar-refractivity contribution in [2.75, 3.05) is 0 Å². The minimum absolute atomic E-state index is 0.0520. The topological polar surface area (TPSA) is 73.0 Å². The van der Waals surface area contributed by atoms with Crippen LogP contribution in [0.5, 0.6) is 0 Å². The van der Waals surface area contributed by atoms with Gasteiger partial charge in [0.1, 0.15) is 11.6 Å². The summed E-state index contributed by atoms with van der Waals surface area (Å²) in [5.41, 5.74) is 0.346. The molecule has 1 aliphatic carbocycles. The fourth-order valence-electron chi connectivity index (χ4n) is 2.50. The molecule has 6 heteroatoms.